The van der Waals surface area contributed by atoms with Gasteiger partial charge in [-0.15, -0.1) is 0 Å². The number of benzene rings is 3. The van der Waals surface area contributed by atoms with Gasteiger partial charge >= 0.3 is 5.97 Å². The number of amides is 3. The summed E-state index contributed by atoms with van der Waals surface area (Å²) in [6.07, 6.45) is 0.112. The van der Waals surface area contributed by atoms with Crippen molar-refractivity contribution in [2.75, 3.05) is 13.2 Å². The van der Waals surface area contributed by atoms with E-state index in [2.05, 4.69) is 10.6 Å². The van der Waals surface area contributed by atoms with Crippen LogP contribution in [0.3, 0.4) is 0 Å². The van der Waals surface area contributed by atoms with Gasteiger partial charge in [-0.2, -0.15) is 0 Å². The van der Waals surface area contributed by atoms with Crippen LogP contribution in [-0.4, -0.2) is 36.8 Å². The Morgan fingerprint density at radius 3 is 2.27 bits per heavy atom. The van der Waals surface area contributed by atoms with Crippen molar-refractivity contribution in [1.29, 1.82) is 0 Å². The third-order valence-corrected chi connectivity index (χ3v) is 4.31. The summed E-state index contributed by atoms with van der Waals surface area (Å²) in [6.45, 7) is -0.986. The molecular weight excluding hydrogens is 384 g/mol. The van der Waals surface area contributed by atoms with Gasteiger partial charge in [-0.1, -0.05) is 60.7 Å². The van der Waals surface area contributed by atoms with Gasteiger partial charge in [-0.3, -0.25) is 24.5 Å². The molecule has 0 radical (unpaired) electrons. The van der Waals surface area contributed by atoms with Crippen molar-refractivity contribution in [2.24, 2.45) is 0 Å². The maximum absolute atomic E-state index is 12.2. The highest BCUT2D eigenvalue weighted by Crippen LogP contribution is 2.18. The summed E-state index contributed by atoms with van der Waals surface area (Å²) in [5.41, 5.74) is 1.16. The zero-order valence-electron chi connectivity index (χ0n) is 16.1. The first-order valence-electron chi connectivity index (χ1n) is 9.31. The number of carbonyl (C=O) groups excluding carboxylic acids is 4. The molecule has 3 aromatic carbocycles. The highest BCUT2D eigenvalue weighted by Gasteiger charge is 2.13. The second-order valence-electron chi connectivity index (χ2n) is 6.50. The fraction of sp³-hybridized carbons (Fsp3) is 0.130. The average Bonchev–Trinajstić information content (AvgIpc) is 2.77. The topological polar surface area (TPSA) is 102 Å². The van der Waals surface area contributed by atoms with Crippen molar-refractivity contribution < 1.29 is 23.9 Å². The molecular formula is C23H20N2O5. The van der Waals surface area contributed by atoms with Crippen LogP contribution >= 0.6 is 0 Å². The number of nitrogens with one attached hydrogen (secondary N) is 2. The predicted molar refractivity (Wildman–Crippen MR) is 111 cm³/mol. The van der Waals surface area contributed by atoms with Crippen molar-refractivity contribution in [3.63, 3.8) is 0 Å². The van der Waals surface area contributed by atoms with Crippen LogP contribution in [0.1, 0.15) is 15.9 Å². The number of carbonyl (C=O) groups is 4. The third kappa shape index (κ3) is 5.75. The van der Waals surface area contributed by atoms with Crippen LogP contribution in [0.15, 0.2) is 72.8 Å². The van der Waals surface area contributed by atoms with Crippen molar-refractivity contribution in [3.05, 3.63) is 83.9 Å². The Morgan fingerprint density at radius 1 is 0.767 bits per heavy atom. The van der Waals surface area contributed by atoms with E-state index in [1.165, 1.54) is 0 Å². The van der Waals surface area contributed by atoms with Crippen LogP contribution in [0, 0.1) is 0 Å². The van der Waals surface area contributed by atoms with Gasteiger partial charge in [-0.25, -0.2) is 0 Å². The molecule has 0 atom stereocenters. The Bertz CT molecular complexity index is 1070. The van der Waals surface area contributed by atoms with Gasteiger partial charge in [0.15, 0.2) is 6.61 Å². The summed E-state index contributed by atoms with van der Waals surface area (Å²) in [6, 6.07) is 21.6. The lowest BCUT2D eigenvalue weighted by Gasteiger charge is -2.08. The second-order valence-corrected chi connectivity index (χ2v) is 6.50. The Labute approximate surface area is 173 Å². The van der Waals surface area contributed by atoms with Crippen LogP contribution in [-0.2, 0) is 25.5 Å². The van der Waals surface area contributed by atoms with Crippen LogP contribution in [0.25, 0.3) is 10.8 Å². The van der Waals surface area contributed by atoms with E-state index in [0.717, 1.165) is 16.3 Å². The van der Waals surface area contributed by atoms with Crippen molar-refractivity contribution in [3.8, 4) is 0 Å². The largest absolute Gasteiger partial charge is 0.454 e. The molecule has 3 rings (SSSR count). The number of hydrogen-bond donors (Lipinski definition) is 2. The minimum Gasteiger partial charge on any atom is -0.454 e. The molecule has 0 heterocycles. The maximum Gasteiger partial charge on any atom is 0.325 e. The molecule has 152 valence electrons. The Morgan fingerprint density at radius 2 is 1.47 bits per heavy atom. The molecule has 30 heavy (non-hydrogen) atoms. The first-order chi connectivity index (χ1) is 14.5. The fourth-order valence-electron chi connectivity index (χ4n) is 2.87. The van der Waals surface area contributed by atoms with Gasteiger partial charge in [0.25, 0.3) is 11.8 Å². The van der Waals surface area contributed by atoms with Gasteiger partial charge in [0.1, 0.15) is 6.54 Å². The maximum atomic E-state index is 12.2. The number of imide groups is 1. The number of hydrogen-bond acceptors (Lipinski definition) is 5. The summed E-state index contributed by atoms with van der Waals surface area (Å²) in [7, 11) is 0. The molecule has 3 amide bonds. The molecule has 0 fully saturated rings. The zero-order chi connectivity index (χ0) is 21.3. The Hall–Kier alpha value is -4.00. The monoisotopic (exact) mass is 404 g/mol. The van der Waals surface area contributed by atoms with E-state index in [1.54, 1.807) is 30.3 Å². The van der Waals surface area contributed by atoms with E-state index >= 15 is 0 Å². The van der Waals surface area contributed by atoms with Crippen LogP contribution in [0.5, 0.6) is 0 Å². The van der Waals surface area contributed by atoms with E-state index in [0.29, 0.717) is 5.56 Å². The third-order valence-electron chi connectivity index (χ3n) is 4.31. The average molecular weight is 404 g/mol. The highest BCUT2D eigenvalue weighted by molar-refractivity contribution is 6.05. The number of esters is 1. The number of ether oxygens (including phenoxy) is 1. The summed E-state index contributed by atoms with van der Waals surface area (Å²) < 4.78 is 4.79. The van der Waals surface area contributed by atoms with Crippen LogP contribution in [0.2, 0.25) is 0 Å². The number of fused-ring (bicyclic) bond motifs is 1. The molecule has 0 bridgehead atoms. The molecule has 0 aliphatic carbocycles. The van der Waals surface area contributed by atoms with Crippen molar-refractivity contribution >= 4 is 34.5 Å². The van der Waals surface area contributed by atoms with Gasteiger partial charge in [0, 0.05) is 5.56 Å². The molecule has 0 aliphatic rings. The smallest absolute Gasteiger partial charge is 0.325 e. The first kappa shape index (κ1) is 20.7. The second kappa shape index (κ2) is 9.97. The summed E-state index contributed by atoms with van der Waals surface area (Å²) in [5.74, 6) is -2.45. The molecule has 0 aromatic heterocycles. The molecule has 0 aliphatic heterocycles. The Balaban J connectivity index is 1.41. The van der Waals surface area contributed by atoms with E-state index in [4.69, 9.17) is 4.74 Å². The van der Waals surface area contributed by atoms with Crippen LogP contribution in [0.4, 0.5) is 0 Å². The molecule has 2 N–H and O–H groups in total. The van der Waals surface area contributed by atoms with E-state index in [-0.39, 0.29) is 18.9 Å². The predicted octanol–water partition coefficient (Wildman–Crippen LogP) is 2.00. The fourth-order valence-corrected chi connectivity index (χ4v) is 2.87. The molecule has 3 aromatic rings. The lowest BCUT2D eigenvalue weighted by molar-refractivity contribution is -0.148. The lowest BCUT2D eigenvalue weighted by atomic mass is 10.0. The minimum atomic E-state index is -0.774. The van der Waals surface area contributed by atoms with Crippen molar-refractivity contribution in [1.82, 2.24) is 10.6 Å². The standard InChI is InChI=1S/C23H20N2O5/c26-20(13-18-11-6-10-16-7-4-5-12-19(16)18)24-14-22(28)30-15-21(27)25-23(29)17-8-2-1-3-9-17/h1-12H,13-15H2,(H,24,26)(H,25,27,29). The lowest BCUT2D eigenvalue weighted by Crippen LogP contribution is -2.36. The molecule has 7 heteroatoms. The minimum absolute atomic E-state index is 0.112. The quantitative estimate of drug-likeness (QED) is 0.587. The number of rotatable bonds is 7. The van der Waals surface area contributed by atoms with E-state index in [9.17, 15) is 19.2 Å². The zero-order valence-corrected chi connectivity index (χ0v) is 16.1. The summed E-state index contributed by atoms with van der Waals surface area (Å²) in [5, 5.41) is 6.59. The summed E-state index contributed by atoms with van der Waals surface area (Å²) >= 11 is 0. The first-order valence-corrected chi connectivity index (χ1v) is 9.31. The molecule has 0 unspecified atom stereocenters. The van der Waals surface area contributed by atoms with E-state index < -0.39 is 24.4 Å². The van der Waals surface area contributed by atoms with Crippen LogP contribution < -0.4 is 10.6 Å². The van der Waals surface area contributed by atoms with Gasteiger partial charge in [-0.05, 0) is 28.5 Å². The summed E-state index contributed by atoms with van der Waals surface area (Å²) in [4.78, 5) is 47.5. The molecule has 0 saturated heterocycles. The molecule has 0 spiro atoms. The van der Waals surface area contributed by atoms with E-state index in [1.807, 2.05) is 42.5 Å². The van der Waals surface area contributed by atoms with Crippen molar-refractivity contribution in [2.45, 2.75) is 6.42 Å². The molecule has 7 nitrogen and oxygen atoms in total. The van der Waals surface area contributed by atoms with Gasteiger partial charge < -0.3 is 10.1 Å². The molecule has 0 saturated carbocycles. The van der Waals surface area contributed by atoms with Gasteiger partial charge in [0.2, 0.25) is 5.91 Å². The normalized spacial score (nSPS) is 10.3. The van der Waals surface area contributed by atoms with Gasteiger partial charge in [0.05, 0.1) is 6.42 Å². The Kier molecular flexibility index (Phi) is 6.89. The highest BCUT2D eigenvalue weighted by atomic mass is 16.5. The SMILES string of the molecule is O=C(Cc1cccc2ccccc12)NCC(=O)OCC(=O)NC(=O)c1ccccc1.